The Morgan fingerprint density at radius 3 is 2.47 bits per heavy atom. The summed E-state index contributed by atoms with van der Waals surface area (Å²) in [5.74, 6) is -0.104. The molecule has 2 aliphatic rings. The first-order valence-corrected chi connectivity index (χ1v) is 12.3. The van der Waals surface area contributed by atoms with Crippen LogP contribution in [0.15, 0.2) is 47.4 Å². The first-order chi connectivity index (χ1) is 14.3. The lowest BCUT2D eigenvalue weighted by Gasteiger charge is -2.39. The Kier molecular flexibility index (Phi) is 6.13. The molecule has 0 radical (unpaired) electrons. The lowest BCUT2D eigenvalue weighted by atomic mass is 9.91. The van der Waals surface area contributed by atoms with Gasteiger partial charge in [-0.05, 0) is 62.4 Å². The molecule has 2 aliphatic heterocycles. The van der Waals surface area contributed by atoms with Gasteiger partial charge in [0.25, 0.3) is 0 Å². The number of halogens is 2. The molecule has 0 bridgehead atoms. The Hall–Kier alpha value is -1.60. The number of aryl methyl sites for hydroxylation is 1. The summed E-state index contributed by atoms with van der Waals surface area (Å²) in [6, 6.07) is 12.6. The smallest absolute Gasteiger partial charge is 0.244 e. The molecule has 30 heavy (non-hydrogen) atoms. The summed E-state index contributed by atoms with van der Waals surface area (Å²) in [6.45, 7) is 2.64. The van der Waals surface area contributed by atoms with Crippen LogP contribution in [0.5, 0.6) is 0 Å². The van der Waals surface area contributed by atoms with Crippen LogP contribution in [-0.4, -0.2) is 37.8 Å². The number of carbonyl (C=O) groups is 1. The molecule has 0 saturated carbocycles. The van der Waals surface area contributed by atoms with E-state index in [9.17, 15) is 13.2 Å². The van der Waals surface area contributed by atoms with Gasteiger partial charge in [0.05, 0.1) is 5.02 Å². The first kappa shape index (κ1) is 21.6. The zero-order chi connectivity index (χ0) is 21.5. The number of amides is 1. The van der Waals surface area contributed by atoms with Crippen LogP contribution in [0.1, 0.15) is 31.7 Å². The van der Waals surface area contributed by atoms with Crippen molar-refractivity contribution in [2.75, 3.05) is 18.0 Å². The molecule has 1 unspecified atom stereocenters. The second-order valence-corrected chi connectivity index (χ2v) is 10.7. The summed E-state index contributed by atoms with van der Waals surface area (Å²) in [5, 5.41) is 0.470. The normalized spacial score (nSPS) is 20.8. The molecular formula is C22H24Cl2N2O3S. The van der Waals surface area contributed by atoms with Gasteiger partial charge in [0.15, 0.2) is 0 Å². The van der Waals surface area contributed by atoms with Crippen LogP contribution in [0.4, 0.5) is 5.69 Å². The van der Waals surface area contributed by atoms with E-state index in [2.05, 4.69) is 13.0 Å². The van der Waals surface area contributed by atoms with Gasteiger partial charge >= 0.3 is 0 Å². The Bertz CT molecular complexity index is 1070. The number of fused-ring (bicyclic) bond motifs is 1. The van der Waals surface area contributed by atoms with Gasteiger partial charge in [0.2, 0.25) is 15.9 Å². The van der Waals surface area contributed by atoms with Crippen molar-refractivity contribution in [2.24, 2.45) is 5.92 Å². The molecule has 2 aromatic rings. The molecule has 1 atom stereocenters. The number of sulfonamides is 1. The monoisotopic (exact) mass is 466 g/mol. The number of hydrogen-bond acceptors (Lipinski definition) is 3. The summed E-state index contributed by atoms with van der Waals surface area (Å²) in [6.07, 6.45) is 2.88. The van der Waals surface area contributed by atoms with Crippen LogP contribution in [0, 0.1) is 5.92 Å². The highest BCUT2D eigenvalue weighted by Gasteiger charge is 2.37. The molecule has 0 aliphatic carbocycles. The van der Waals surface area contributed by atoms with E-state index < -0.39 is 10.0 Å². The fourth-order valence-electron chi connectivity index (χ4n) is 4.38. The average Bonchev–Trinajstić information content (AvgIpc) is 2.75. The van der Waals surface area contributed by atoms with Crippen molar-refractivity contribution >= 4 is 44.8 Å². The van der Waals surface area contributed by atoms with Crippen molar-refractivity contribution in [2.45, 2.75) is 43.5 Å². The standard InChI is InChI=1S/C22H24Cl2N2O3S/c1-15-6-7-16-4-2-3-5-20(16)26(15)22(27)17-10-12-25(13-11-17)30(28,29)21-14-18(23)8-9-19(21)24/h2-5,8-9,14-15,17H,6-7,10-13H2,1H3. The molecule has 1 fully saturated rings. The third-order valence-electron chi connectivity index (χ3n) is 6.08. The van der Waals surface area contributed by atoms with E-state index in [-0.39, 0.29) is 40.9 Å². The summed E-state index contributed by atoms with van der Waals surface area (Å²) in [4.78, 5) is 15.3. The van der Waals surface area contributed by atoms with Crippen molar-refractivity contribution in [3.05, 3.63) is 58.1 Å². The van der Waals surface area contributed by atoms with E-state index in [0.717, 1.165) is 18.5 Å². The van der Waals surface area contributed by atoms with Gasteiger partial charge in [-0.25, -0.2) is 8.42 Å². The largest absolute Gasteiger partial charge is 0.309 e. The summed E-state index contributed by atoms with van der Waals surface area (Å²) in [7, 11) is -3.76. The van der Waals surface area contributed by atoms with Crippen molar-refractivity contribution in [3.8, 4) is 0 Å². The number of para-hydroxylation sites is 1. The van der Waals surface area contributed by atoms with Gasteiger partial charge < -0.3 is 4.90 Å². The minimum atomic E-state index is -3.76. The maximum absolute atomic E-state index is 13.4. The van der Waals surface area contributed by atoms with Gasteiger partial charge in [-0.3, -0.25) is 4.79 Å². The number of benzene rings is 2. The molecule has 0 N–H and O–H groups in total. The molecule has 8 heteroatoms. The zero-order valence-corrected chi connectivity index (χ0v) is 19.1. The van der Waals surface area contributed by atoms with Crippen LogP contribution in [-0.2, 0) is 21.2 Å². The second-order valence-electron chi connectivity index (χ2n) is 7.98. The second kappa shape index (κ2) is 8.50. The Balaban J connectivity index is 1.50. The third-order valence-corrected chi connectivity index (χ3v) is 8.69. The molecule has 2 heterocycles. The van der Waals surface area contributed by atoms with Crippen LogP contribution in [0.2, 0.25) is 10.0 Å². The number of piperidine rings is 1. The number of carbonyl (C=O) groups excluding carboxylic acids is 1. The van der Waals surface area contributed by atoms with E-state index in [1.54, 1.807) is 6.07 Å². The molecule has 1 saturated heterocycles. The van der Waals surface area contributed by atoms with Gasteiger partial charge in [-0.15, -0.1) is 0 Å². The number of hydrogen-bond donors (Lipinski definition) is 0. The molecule has 4 rings (SSSR count). The predicted octanol–water partition coefficient (Wildman–Crippen LogP) is 4.76. The summed E-state index contributed by atoms with van der Waals surface area (Å²) >= 11 is 12.1. The lowest BCUT2D eigenvalue weighted by Crippen LogP contribution is -2.48. The molecule has 1 amide bonds. The van der Waals surface area contributed by atoms with E-state index >= 15 is 0 Å². The van der Waals surface area contributed by atoms with Gasteiger partial charge in [0.1, 0.15) is 4.90 Å². The van der Waals surface area contributed by atoms with E-state index in [0.29, 0.717) is 17.9 Å². The Morgan fingerprint density at radius 1 is 1.03 bits per heavy atom. The topological polar surface area (TPSA) is 57.7 Å². The van der Waals surface area contributed by atoms with Crippen LogP contribution in [0.25, 0.3) is 0 Å². The number of rotatable bonds is 3. The summed E-state index contributed by atoms with van der Waals surface area (Å²) in [5.41, 5.74) is 2.18. The Morgan fingerprint density at radius 2 is 1.73 bits per heavy atom. The quantitative estimate of drug-likeness (QED) is 0.654. The Labute approximate surface area is 187 Å². The van der Waals surface area contributed by atoms with E-state index in [1.165, 1.54) is 22.0 Å². The molecule has 2 aromatic carbocycles. The molecule has 0 spiro atoms. The first-order valence-electron chi connectivity index (χ1n) is 10.1. The van der Waals surface area contributed by atoms with Crippen LogP contribution >= 0.6 is 23.2 Å². The molecule has 160 valence electrons. The molecular weight excluding hydrogens is 443 g/mol. The third kappa shape index (κ3) is 3.98. The fourth-order valence-corrected chi connectivity index (χ4v) is 6.58. The van der Waals surface area contributed by atoms with E-state index in [1.807, 2.05) is 23.1 Å². The van der Waals surface area contributed by atoms with Crippen molar-refractivity contribution in [1.29, 1.82) is 0 Å². The van der Waals surface area contributed by atoms with Crippen LogP contribution in [0.3, 0.4) is 0 Å². The van der Waals surface area contributed by atoms with Crippen LogP contribution < -0.4 is 4.90 Å². The SMILES string of the molecule is CC1CCc2ccccc2N1C(=O)C1CCN(S(=O)(=O)c2cc(Cl)ccc2Cl)CC1. The number of anilines is 1. The number of nitrogens with zero attached hydrogens (tertiary/aromatic N) is 2. The molecule has 0 aromatic heterocycles. The van der Waals surface area contributed by atoms with E-state index in [4.69, 9.17) is 23.2 Å². The maximum atomic E-state index is 13.4. The minimum absolute atomic E-state index is 0.0139. The maximum Gasteiger partial charge on any atom is 0.244 e. The highest BCUT2D eigenvalue weighted by Crippen LogP contribution is 2.35. The van der Waals surface area contributed by atoms with Gasteiger partial charge in [-0.2, -0.15) is 4.31 Å². The fraction of sp³-hybridized carbons (Fsp3) is 0.409. The average molecular weight is 467 g/mol. The lowest BCUT2D eigenvalue weighted by molar-refractivity contribution is -0.124. The highest BCUT2D eigenvalue weighted by atomic mass is 35.5. The van der Waals surface area contributed by atoms with Gasteiger partial charge in [-0.1, -0.05) is 41.4 Å². The molecule has 5 nitrogen and oxygen atoms in total. The minimum Gasteiger partial charge on any atom is -0.309 e. The van der Waals surface area contributed by atoms with Crippen molar-refractivity contribution < 1.29 is 13.2 Å². The van der Waals surface area contributed by atoms with Gasteiger partial charge in [0, 0.05) is 35.8 Å². The zero-order valence-electron chi connectivity index (χ0n) is 16.7. The summed E-state index contributed by atoms with van der Waals surface area (Å²) < 4.78 is 27.5. The highest BCUT2D eigenvalue weighted by molar-refractivity contribution is 7.89. The van der Waals surface area contributed by atoms with Crippen molar-refractivity contribution in [3.63, 3.8) is 0 Å². The van der Waals surface area contributed by atoms with Crippen molar-refractivity contribution in [1.82, 2.24) is 4.31 Å². The predicted molar refractivity (Wildman–Crippen MR) is 120 cm³/mol.